The van der Waals surface area contributed by atoms with Gasteiger partial charge in [0.05, 0.1) is 25.0 Å². The van der Waals surface area contributed by atoms with E-state index in [4.69, 9.17) is 4.74 Å². The van der Waals surface area contributed by atoms with E-state index in [1.807, 2.05) is 0 Å². The summed E-state index contributed by atoms with van der Waals surface area (Å²) in [7, 11) is -0.431. The molecule has 0 aliphatic carbocycles. The van der Waals surface area contributed by atoms with Gasteiger partial charge in [-0.05, 0) is 30.7 Å². The molecule has 0 unspecified atom stereocenters. The molecule has 1 N–H and O–H groups in total. The van der Waals surface area contributed by atoms with Gasteiger partial charge in [0.1, 0.15) is 5.82 Å². The van der Waals surface area contributed by atoms with Crippen molar-refractivity contribution in [2.75, 3.05) is 33.1 Å². The Balaban J connectivity index is 2.08. The third kappa shape index (κ3) is 4.27. The lowest BCUT2D eigenvalue weighted by atomic mass is 10.0. The third-order valence-corrected chi connectivity index (χ3v) is 5.89. The predicted octanol–water partition coefficient (Wildman–Crippen LogP) is 0.770. The van der Waals surface area contributed by atoms with Crippen LogP contribution in [0.25, 0.3) is 0 Å². The summed E-state index contributed by atoms with van der Waals surface area (Å²) < 4.78 is 43.6. The first kappa shape index (κ1) is 17.8. The second-order valence-electron chi connectivity index (χ2n) is 5.90. The number of nitrogens with one attached hydrogen (secondary N) is 1. The van der Waals surface area contributed by atoms with Gasteiger partial charge in [0.15, 0.2) is 0 Å². The summed E-state index contributed by atoms with van der Waals surface area (Å²) in [6.45, 7) is 2.19. The van der Waals surface area contributed by atoms with Crippen molar-refractivity contribution < 1.29 is 22.3 Å². The minimum absolute atomic E-state index is 0.0899. The molecule has 1 amide bonds. The number of halogens is 1. The van der Waals surface area contributed by atoms with E-state index >= 15 is 0 Å². The lowest BCUT2D eigenvalue weighted by Gasteiger charge is -2.21. The summed E-state index contributed by atoms with van der Waals surface area (Å²) in [6.07, 6.45) is 0. The summed E-state index contributed by atoms with van der Waals surface area (Å²) in [4.78, 5) is 12.3. The zero-order valence-electron chi connectivity index (χ0n) is 13.4. The second-order valence-corrected chi connectivity index (χ2v) is 8.13. The number of sulfonamides is 1. The highest BCUT2D eigenvalue weighted by atomic mass is 32.2. The van der Waals surface area contributed by atoms with Gasteiger partial charge in [-0.1, -0.05) is 0 Å². The molecule has 1 aliphatic rings. The normalized spacial score (nSPS) is 21.6. The molecule has 0 saturated carbocycles. The fourth-order valence-corrected chi connectivity index (χ4v) is 3.64. The van der Waals surface area contributed by atoms with Crippen LogP contribution < -0.4 is 5.32 Å². The molecule has 1 aliphatic heterocycles. The molecule has 1 saturated heterocycles. The topological polar surface area (TPSA) is 75.7 Å². The molecule has 1 aromatic carbocycles. The minimum atomic E-state index is -3.38. The van der Waals surface area contributed by atoms with E-state index in [1.165, 1.54) is 32.3 Å². The van der Waals surface area contributed by atoms with Gasteiger partial charge >= 0.3 is 0 Å². The van der Waals surface area contributed by atoms with Crippen molar-refractivity contribution in [3.8, 4) is 0 Å². The summed E-state index contributed by atoms with van der Waals surface area (Å²) in [5.74, 6) is -1.16. The fraction of sp³-hybridized carbons (Fsp3) is 0.533. The van der Waals surface area contributed by atoms with Crippen LogP contribution in [-0.4, -0.2) is 57.7 Å². The van der Waals surface area contributed by atoms with Crippen LogP contribution in [0.15, 0.2) is 18.2 Å². The summed E-state index contributed by atoms with van der Waals surface area (Å²) >= 11 is 0. The number of aryl methyl sites for hydroxylation is 1. The van der Waals surface area contributed by atoms with Crippen molar-refractivity contribution in [3.05, 3.63) is 35.1 Å². The van der Waals surface area contributed by atoms with E-state index in [0.29, 0.717) is 11.1 Å². The summed E-state index contributed by atoms with van der Waals surface area (Å²) in [5.41, 5.74) is 0.895. The number of amides is 1. The van der Waals surface area contributed by atoms with E-state index < -0.39 is 15.8 Å². The zero-order valence-corrected chi connectivity index (χ0v) is 14.2. The van der Waals surface area contributed by atoms with Crippen molar-refractivity contribution >= 4 is 15.9 Å². The number of hydrogen-bond acceptors (Lipinski definition) is 4. The van der Waals surface area contributed by atoms with Gasteiger partial charge in [-0.15, -0.1) is 0 Å². The van der Waals surface area contributed by atoms with Gasteiger partial charge < -0.3 is 10.1 Å². The number of carbonyl (C=O) groups excluding carboxylic acids is 1. The largest absolute Gasteiger partial charge is 0.379 e. The standard InChI is InChI=1S/C15H21FN2O4S/c1-10-6-12(16)4-5-13(10)15(19)17-14-8-22-7-11(14)9-23(20,21)18(2)3/h4-6,11,14H,7-9H2,1-3H3,(H,17,19)/t11-,14-/m0/s1. The van der Waals surface area contributed by atoms with Gasteiger partial charge in [0.25, 0.3) is 5.91 Å². The van der Waals surface area contributed by atoms with Crippen LogP contribution in [0, 0.1) is 18.7 Å². The quantitative estimate of drug-likeness (QED) is 0.856. The lowest BCUT2D eigenvalue weighted by Crippen LogP contribution is -2.43. The number of benzene rings is 1. The van der Waals surface area contributed by atoms with Gasteiger partial charge in [0.2, 0.25) is 10.0 Å². The predicted molar refractivity (Wildman–Crippen MR) is 84.2 cm³/mol. The Morgan fingerprint density at radius 2 is 2.09 bits per heavy atom. The van der Waals surface area contributed by atoms with Crippen LogP contribution >= 0.6 is 0 Å². The van der Waals surface area contributed by atoms with Gasteiger partial charge in [-0.25, -0.2) is 17.1 Å². The van der Waals surface area contributed by atoms with Crippen LogP contribution in [0.2, 0.25) is 0 Å². The Morgan fingerprint density at radius 3 is 2.70 bits per heavy atom. The smallest absolute Gasteiger partial charge is 0.251 e. The lowest BCUT2D eigenvalue weighted by molar-refractivity contribution is 0.0925. The Hall–Kier alpha value is -1.51. The SMILES string of the molecule is Cc1cc(F)ccc1C(=O)N[C@H]1COC[C@H]1CS(=O)(=O)N(C)C. The van der Waals surface area contributed by atoms with E-state index in [1.54, 1.807) is 6.92 Å². The molecule has 2 atom stereocenters. The van der Waals surface area contributed by atoms with Crippen LogP contribution in [0.4, 0.5) is 4.39 Å². The summed E-state index contributed by atoms with van der Waals surface area (Å²) in [5, 5.41) is 2.80. The maximum Gasteiger partial charge on any atom is 0.251 e. The first-order valence-corrected chi connectivity index (χ1v) is 8.86. The number of hydrogen-bond donors (Lipinski definition) is 1. The van der Waals surface area contributed by atoms with Crippen molar-refractivity contribution in [2.45, 2.75) is 13.0 Å². The maximum absolute atomic E-state index is 13.1. The van der Waals surface area contributed by atoms with Crippen LogP contribution in [0.3, 0.4) is 0 Å². The number of carbonyl (C=O) groups is 1. The van der Waals surface area contributed by atoms with E-state index in [-0.39, 0.29) is 36.8 Å². The van der Waals surface area contributed by atoms with E-state index in [2.05, 4.69) is 5.32 Å². The van der Waals surface area contributed by atoms with Crippen molar-refractivity contribution in [1.29, 1.82) is 0 Å². The zero-order chi connectivity index (χ0) is 17.2. The molecule has 8 heteroatoms. The van der Waals surface area contributed by atoms with Crippen molar-refractivity contribution in [2.24, 2.45) is 5.92 Å². The van der Waals surface area contributed by atoms with Crippen LogP contribution in [0.1, 0.15) is 15.9 Å². The number of rotatable bonds is 5. The molecule has 0 aromatic heterocycles. The molecule has 0 bridgehead atoms. The van der Waals surface area contributed by atoms with Gasteiger partial charge in [-0.3, -0.25) is 4.79 Å². The molecule has 23 heavy (non-hydrogen) atoms. The monoisotopic (exact) mass is 344 g/mol. The Kier molecular flexibility index (Phi) is 5.38. The first-order chi connectivity index (χ1) is 10.7. The molecule has 1 fully saturated rings. The molecular weight excluding hydrogens is 323 g/mol. The second kappa shape index (κ2) is 6.94. The number of ether oxygens (including phenoxy) is 1. The van der Waals surface area contributed by atoms with Crippen LogP contribution in [0.5, 0.6) is 0 Å². The summed E-state index contributed by atoms with van der Waals surface area (Å²) in [6, 6.07) is 3.54. The Morgan fingerprint density at radius 1 is 1.39 bits per heavy atom. The molecule has 128 valence electrons. The van der Waals surface area contributed by atoms with E-state index in [0.717, 1.165) is 4.31 Å². The van der Waals surface area contributed by atoms with Gasteiger partial charge in [0, 0.05) is 25.6 Å². The highest BCUT2D eigenvalue weighted by Crippen LogP contribution is 2.18. The molecule has 6 nitrogen and oxygen atoms in total. The Bertz CT molecular complexity index is 691. The highest BCUT2D eigenvalue weighted by Gasteiger charge is 2.34. The van der Waals surface area contributed by atoms with E-state index in [9.17, 15) is 17.6 Å². The van der Waals surface area contributed by atoms with Crippen LogP contribution in [-0.2, 0) is 14.8 Å². The van der Waals surface area contributed by atoms with Crippen molar-refractivity contribution in [1.82, 2.24) is 9.62 Å². The molecule has 2 rings (SSSR count). The Labute approximate surface area is 135 Å². The molecular formula is C15H21FN2O4S. The van der Waals surface area contributed by atoms with Gasteiger partial charge in [-0.2, -0.15) is 0 Å². The highest BCUT2D eigenvalue weighted by molar-refractivity contribution is 7.89. The molecule has 1 aromatic rings. The minimum Gasteiger partial charge on any atom is -0.379 e. The maximum atomic E-state index is 13.1. The number of nitrogens with zero attached hydrogens (tertiary/aromatic N) is 1. The third-order valence-electron chi connectivity index (χ3n) is 3.93. The average molecular weight is 344 g/mol. The molecule has 1 heterocycles. The molecule has 0 spiro atoms. The fourth-order valence-electron chi connectivity index (χ4n) is 2.47. The molecule has 0 radical (unpaired) electrons. The average Bonchev–Trinajstić information content (AvgIpc) is 2.84. The van der Waals surface area contributed by atoms with Crippen molar-refractivity contribution in [3.63, 3.8) is 0 Å². The first-order valence-electron chi connectivity index (χ1n) is 7.25.